The fourth-order valence-corrected chi connectivity index (χ4v) is 3.45. The predicted octanol–water partition coefficient (Wildman–Crippen LogP) is 2.17. The summed E-state index contributed by atoms with van der Waals surface area (Å²) in [6.45, 7) is 3.62. The summed E-state index contributed by atoms with van der Waals surface area (Å²) < 4.78 is 0. The molecule has 1 amide bonds. The highest BCUT2D eigenvalue weighted by molar-refractivity contribution is 7.16. The highest BCUT2D eigenvalue weighted by Gasteiger charge is 2.24. The Labute approximate surface area is 111 Å². The lowest BCUT2D eigenvalue weighted by Gasteiger charge is -2.17. The SMILES string of the molecule is CC(C)(N)CC(=O)Nc1sc2c(c1C#N)CCC2. The van der Waals surface area contributed by atoms with Gasteiger partial charge in [0.25, 0.3) is 0 Å². The summed E-state index contributed by atoms with van der Waals surface area (Å²) in [6, 6.07) is 2.21. The fourth-order valence-electron chi connectivity index (χ4n) is 2.20. The van der Waals surface area contributed by atoms with Crippen molar-refractivity contribution in [1.29, 1.82) is 5.26 Å². The van der Waals surface area contributed by atoms with E-state index >= 15 is 0 Å². The van der Waals surface area contributed by atoms with Crippen LogP contribution in [0.25, 0.3) is 0 Å². The number of aryl methyl sites for hydroxylation is 1. The maximum atomic E-state index is 11.8. The third kappa shape index (κ3) is 2.71. The van der Waals surface area contributed by atoms with Gasteiger partial charge in [0.2, 0.25) is 5.91 Å². The van der Waals surface area contributed by atoms with E-state index in [1.54, 1.807) is 0 Å². The molecule has 0 saturated carbocycles. The molecule has 1 heterocycles. The van der Waals surface area contributed by atoms with Crippen molar-refractivity contribution in [3.63, 3.8) is 0 Å². The van der Waals surface area contributed by atoms with Crippen molar-refractivity contribution in [1.82, 2.24) is 0 Å². The average Bonchev–Trinajstić information content (AvgIpc) is 2.73. The summed E-state index contributed by atoms with van der Waals surface area (Å²) >= 11 is 1.53. The molecule has 1 aliphatic carbocycles. The van der Waals surface area contributed by atoms with Crippen LogP contribution in [0.5, 0.6) is 0 Å². The summed E-state index contributed by atoms with van der Waals surface area (Å²) in [4.78, 5) is 13.1. The summed E-state index contributed by atoms with van der Waals surface area (Å²) in [6.07, 6.45) is 3.33. The van der Waals surface area contributed by atoms with Crippen LogP contribution in [0, 0.1) is 11.3 Å². The maximum Gasteiger partial charge on any atom is 0.226 e. The molecule has 0 spiro atoms. The van der Waals surface area contributed by atoms with Gasteiger partial charge < -0.3 is 11.1 Å². The van der Waals surface area contributed by atoms with Crippen molar-refractivity contribution in [3.05, 3.63) is 16.0 Å². The van der Waals surface area contributed by atoms with Gasteiger partial charge in [-0.15, -0.1) is 11.3 Å². The van der Waals surface area contributed by atoms with Gasteiger partial charge in [-0.2, -0.15) is 5.26 Å². The van der Waals surface area contributed by atoms with Gasteiger partial charge in [-0.05, 0) is 38.7 Å². The smallest absolute Gasteiger partial charge is 0.226 e. The van der Waals surface area contributed by atoms with Crippen LogP contribution in [0.1, 0.15) is 42.7 Å². The van der Waals surface area contributed by atoms with Gasteiger partial charge in [-0.25, -0.2) is 0 Å². The molecule has 18 heavy (non-hydrogen) atoms. The van der Waals surface area contributed by atoms with Crippen LogP contribution in [0.4, 0.5) is 5.00 Å². The van der Waals surface area contributed by atoms with Crippen LogP contribution in [0.2, 0.25) is 0 Å². The molecule has 96 valence electrons. The molecule has 0 radical (unpaired) electrons. The number of nitrogens with zero attached hydrogens (tertiary/aromatic N) is 1. The maximum absolute atomic E-state index is 11.8. The Morgan fingerprint density at radius 1 is 1.56 bits per heavy atom. The predicted molar refractivity (Wildman–Crippen MR) is 72.6 cm³/mol. The molecule has 0 aliphatic heterocycles. The van der Waals surface area contributed by atoms with Crippen molar-refractivity contribution in [2.75, 3.05) is 5.32 Å². The first-order valence-electron chi connectivity index (χ1n) is 6.04. The van der Waals surface area contributed by atoms with Crippen LogP contribution in [0.3, 0.4) is 0 Å². The number of anilines is 1. The molecule has 1 aliphatic rings. The molecular formula is C13H17N3OS. The summed E-state index contributed by atoms with van der Waals surface area (Å²) in [5.41, 5.74) is 7.06. The molecular weight excluding hydrogens is 246 g/mol. The molecule has 2 rings (SSSR count). The molecule has 5 heteroatoms. The average molecular weight is 263 g/mol. The molecule has 0 aromatic carbocycles. The van der Waals surface area contributed by atoms with Crippen LogP contribution in [0.15, 0.2) is 0 Å². The van der Waals surface area contributed by atoms with E-state index in [0.29, 0.717) is 10.6 Å². The Morgan fingerprint density at radius 3 is 2.89 bits per heavy atom. The van der Waals surface area contributed by atoms with Crippen molar-refractivity contribution < 1.29 is 4.79 Å². The Balaban J connectivity index is 2.16. The van der Waals surface area contributed by atoms with Crippen LogP contribution in [-0.2, 0) is 17.6 Å². The Kier molecular flexibility index (Phi) is 3.42. The van der Waals surface area contributed by atoms with Gasteiger partial charge in [0, 0.05) is 16.8 Å². The summed E-state index contributed by atoms with van der Waals surface area (Å²) in [7, 11) is 0. The number of carbonyl (C=O) groups is 1. The van der Waals surface area contributed by atoms with E-state index in [0.717, 1.165) is 24.8 Å². The fraction of sp³-hybridized carbons (Fsp3) is 0.538. The van der Waals surface area contributed by atoms with Gasteiger partial charge >= 0.3 is 0 Å². The second-order valence-corrected chi connectivity index (χ2v) is 6.49. The molecule has 0 unspecified atom stereocenters. The van der Waals surface area contributed by atoms with Crippen molar-refractivity contribution >= 4 is 22.2 Å². The minimum absolute atomic E-state index is 0.126. The first-order chi connectivity index (χ1) is 8.40. The van der Waals surface area contributed by atoms with E-state index in [4.69, 9.17) is 5.73 Å². The summed E-state index contributed by atoms with van der Waals surface area (Å²) in [5.74, 6) is -0.126. The molecule has 0 saturated heterocycles. The van der Waals surface area contributed by atoms with Crippen molar-refractivity contribution in [2.45, 2.75) is 45.1 Å². The Bertz CT molecular complexity index is 520. The van der Waals surface area contributed by atoms with E-state index in [2.05, 4.69) is 11.4 Å². The number of rotatable bonds is 3. The number of hydrogen-bond acceptors (Lipinski definition) is 4. The Morgan fingerprint density at radius 2 is 2.28 bits per heavy atom. The van der Waals surface area contributed by atoms with Crippen molar-refractivity contribution in [3.8, 4) is 6.07 Å². The van der Waals surface area contributed by atoms with Crippen LogP contribution in [-0.4, -0.2) is 11.4 Å². The number of nitrogens with two attached hydrogens (primary N) is 1. The van der Waals surface area contributed by atoms with E-state index in [-0.39, 0.29) is 12.3 Å². The lowest BCUT2D eigenvalue weighted by Crippen LogP contribution is -2.36. The number of amides is 1. The second kappa shape index (κ2) is 4.71. The van der Waals surface area contributed by atoms with Crippen LogP contribution < -0.4 is 11.1 Å². The molecule has 0 atom stereocenters. The zero-order valence-electron chi connectivity index (χ0n) is 10.7. The number of carbonyl (C=O) groups excluding carboxylic acids is 1. The molecule has 0 bridgehead atoms. The normalized spacial score (nSPS) is 14.1. The van der Waals surface area contributed by atoms with E-state index in [9.17, 15) is 10.1 Å². The third-order valence-corrected chi connectivity index (χ3v) is 4.11. The second-order valence-electron chi connectivity index (χ2n) is 5.39. The molecule has 4 nitrogen and oxygen atoms in total. The lowest BCUT2D eigenvalue weighted by molar-refractivity contribution is -0.117. The van der Waals surface area contributed by atoms with E-state index in [1.165, 1.54) is 16.2 Å². The van der Waals surface area contributed by atoms with E-state index < -0.39 is 5.54 Å². The van der Waals surface area contributed by atoms with Gasteiger partial charge in [-0.3, -0.25) is 4.79 Å². The molecule has 1 aromatic rings. The largest absolute Gasteiger partial charge is 0.325 e. The summed E-state index contributed by atoms with van der Waals surface area (Å²) in [5, 5.41) is 12.7. The Hall–Kier alpha value is -1.38. The van der Waals surface area contributed by atoms with Gasteiger partial charge in [-0.1, -0.05) is 0 Å². The monoisotopic (exact) mass is 263 g/mol. The van der Waals surface area contributed by atoms with Gasteiger partial charge in [0.05, 0.1) is 5.56 Å². The van der Waals surface area contributed by atoms with Crippen LogP contribution >= 0.6 is 11.3 Å². The van der Waals surface area contributed by atoms with Crippen molar-refractivity contribution in [2.24, 2.45) is 5.73 Å². The molecule has 0 fully saturated rings. The minimum Gasteiger partial charge on any atom is -0.325 e. The third-order valence-electron chi connectivity index (χ3n) is 2.90. The number of hydrogen-bond donors (Lipinski definition) is 2. The van der Waals surface area contributed by atoms with Gasteiger partial charge in [0.15, 0.2) is 0 Å². The number of fused-ring (bicyclic) bond motifs is 1. The van der Waals surface area contributed by atoms with Gasteiger partial charge in [0.1, 0.15) is 11.1 Å². The first-order valence-corrected chi connectivity index (χ1v) is 6.86. The highest BCUT2D eigenvalue weighted by Crippen LogP contribution is 2.38. The first kappa shape index (κ1) is 13.1. The number of nitrogens with one attached hydrogen (secondary N) is 1. The topological polar surface area (TPSA) is 78.9 Å². The minimum atomic E-state index is -0.531. The standard InChI is InChI=1S/C13H17N3OS/c1-13(2,15)6-11(17)16-12-9(7-14)8-4-3-5-10(8)18-12/h3-6,15H2,1-2H3,(H,16,17). The number of thiophene rings is 1. The zero-order chi connectivity index (χ0) is 13.3. The molecule has 1 aromatic heterocycles. The quantitative estimate of drug-likeness (QED) is 0.877. The highest BCUT2D eigenvalue weighted by atomic mass is 32.1. The zero-order valence-corrected chi connectivity index (χ0v) is 11.5. The lowest BCUT2D eigenvalue weighted by atomic mass is 10.0. The number of nitriles is 1. The molecule has 3 N–H and O–H groups in total. The van der Waals surface area contributed by atoms with E-state index in [1.807, 2.05) is 13.8 Å².